The van der Waals surface area contributed by atoms with Gasteiger partial charge in [-0.15, -0.1) is 0 Å². The van der Waals surface area contributed by atoms with Gasteiger partial charge in [-0.25, -0.2) is 0 Å². The quantitative estimate of drug-likeness (QED) is 0.435. The van der Waals surface area contributed by atoms with Crippen molar-refractivity contribution in [1.29, 1.82) is 0 Å². The number of aliphatic imine (C=N–C) groups is 1. The molecule has 0 spiro atoms. The summed E-state index contributed by atoms with van der Waals surface area (Å²) < 4.78 is 11.9. The molecule has 1 aliphatic heterocycles. The first-order valence-electron chi connectivity index (χ1n) is 11.5. The van der Waals surface area contributed by atoms with Crippen LogP contribution in [0.15, 0.2) is 70.7 Å². The Bertz CT molecular complexity index is 1060. The van der Waals surface area contributed by atoms with E-state index in [9.17, 15) is 0 Å². The Labute approximate surface area is 206 Å². The summed E-state index contributed by atoms with van der Waals surface area (Å²) in [4.78, 5) is 5.16. The van der Waals surface area contributed by atoms with Gasteiger partial charge in [0.05, 0.1) is 30.9 Å². The van der Waals surface area contributed by atoms with Gasteiger partial charge in [-0.05, 0) is 55.2 Å². The van der Waals surface area contributed by atoms with Gasteiger partial charge in [0, 0.05) is 22.0 Å². The number of halogens is 2. The van der Waals surface area contributed by atoms with Gasteiger partial charge in [0.15, 0.2) is 0 Å². The molecule has 6 heteroatoms. The van der Waals surface area contributed by atoms with Gasteiger partial charge in [-0.1, -0.05) is 61.3 Å². The van der Waals surface area contributed by atoms with E-state index >= 15 is 0 Å². The molecule has 174 valence electrons. The van der Waals surface area contributed by atoms with Gasteiger partial charge in [0.2, 0.25) is 0 Å². The van der Waals surface area contributed by atoms with Crippen LogP contribution < -0.4 is 14.8 Å². The van der Waals surface area contributed by atoms with Crippen LogP contribution in [0.2, 0.25) is 5.02 Å². The molecule has 33 heavy (non-hydrogen) atoms. The molecule has 1 aliphatic carbocycles. The lowest BCUT2D eigenvalue weighted by atomic mass is 9.86. The molecule has 4 rings (SSSR count). The number of rotatable bonds is 8. The first-order chi connectivity index (χ1) is 16.0. The Morgan fingerprint density at radius 2 is 1.85 bits per heavy atom. The molecule has 0 bridgehead atoms. The fourth-order valence-electron chi connectivity index (χ4n) is 4.36. The first-order valence-corrected chi connectivity index (χ1v) is 12.3. The number of allylic oxidation sites excluding steroid dienone is 3. The number of hydrogen-bond acceptors (Lipinski definition) is 4. The Morgan fingerprint density at radius 3 is 2.48 bits per heavy atom. The van der Waals surface area contributed by atoms with Gasteiger partial charge in [0.25, 0.3) is 0 Å². The number of amidine groups is 1. The molecule has 2 aromatic rings. The summed E-state index contributed by atoms with van der Waals surface area (Å²) in [7, 11) is 1.67. The minimum Gasteiger partial charge on any atom is -0.497 e. The molecule has 1 heterocycles. The van der Waals surface area contributed by atoms with Crippen molar-refractivity contribution in [2.45, 2.75) is 51.3 Å². The summed E-state index contributed by atoms with van der Waals surface area (Å²) in [5, 5.41) is 5.21. The van der Waals surface area contributed by atoms with Gasteiger partial charge in [-0.2, -0.15) is 0 Å². The molecule has 2 aliphatic rings. The minimum atomic E-state index is -0.0553. The van der Waals surface area contributed by atoms with E-state index < -0.39 is 0 Å². The molecule has 1 unspecified atom stereocenters. The summed E-state index contributed by atoms with van der Waals surface area (Å²) in [5.41, 5.74) is 2.06. The highest BCUT2D eigenvalue weighted by Crippen LogP contribution is 2.37. The Morgan fingerprint density at radius 1 is 1.09 bits per heavy atom. The topological polar surface area (TPSA) is 42.9 Å². The molecular formula is C27H30Cl2N2O2. The van der Waals surface area contributed by atoms with Gasteiger partial charge < -0.3 is 14.8 Å². The van der Waals surface area contributed by atoms with Crippen molar-refractivity contribution in [2.24, 2.45) is 10.9 Å². The Balaban J connectivity index is 1.72. The van der Waals surface area contributed by atoms with E-state index in [0.717, 1.165) is 52.8 Å². The van der Waals surface area contributed by atoms with Crippen LogP contribution in [-0.2, 0) is 0 Å². The van der Waals surface area contributed by atoms with Crippen LogP contribution in [0.4, 0.5) is 0 Å². The van der Waals surface area contributed by atoms with Crippen LogP contribution in [0.1, 0.15) is 50.3 Å². The maximum absolute atomic E-state index is 6.39. The number of benzene rings is 2. The van der Waals surface area contributed by atoms with Gasteiger partial charge in [-0.3, -0.25) is 4.99 Å². The van der Waals surface area contributed by atoms with E-state index in [4.69, 9.17) is 37.7 Å². The normalized spacial score (nSPS) is 22.1. The third-order valence-electron chi connectivity index (χ3n) is 6.32. The molecule has 0 aromatic heterocycles. The van der Waals surface area contributed by atoms with Crippen molar-refractivity contribution in [2.75, 3.05) is 7.11 Å². The predicted molar refractivity (Wildman–Crippen MR) is 137 cm³/mol. The van der Waals surface area contributed by atoms with E-state index in [2.05, 4.69) is 43.4 Å². The fourth-order valence-corrected chi connectivity index (χ4v) is 4.65. The average molecular weight is 485 g/mol. The van der Waals surface area contributed by atoms with E-state index in [-0.39, 0.29) is 24.1 Å². The molecule has 0 radical (unpaired) electrons. The van der Waals surface area contributed by atoms with Crippen LogP contribution in [-0.4, -0.2) is 25.1 Å². The fraction of sp³-hybridized carbons (Fsp3) is 0.370. The molecule has 2 aromatic carbocycles. The second-order valence-electron chi connectivity index (χ2n) is 8.41. The molecule has 4 nitrogen and oxygen atoms in total. The molecule has 1 N–H and O–H groups in total. The summed E-state index contributed by atoms with van der Waals surface area (Å²) in [6, 6.07) is 13.9. The van der Waals surface area contributed by atoms with Crippen molar-refractivity contribution in [3.8, 4) is 11.5 Å². The number of methoxy groups -OCH3 is 1. The molecule has 0 saturated heterocycles. The smallest absolute Gasteiger partial charge is 0.134 e. The average Bonchev–Trinajstić information content (AvgIpc) is 3.28. The molecule has 0 fully saturated rings. The first kappa shape index (κ1) is 23.7. The molecular weight excluding hydrogens is 455 g/mol. The zero-order valence-corrected chi connectivity index (χ0v) is 20.7. The highest BCUT2D eigenvalue weighted by atomic mass is 35.5. The van der Waals surface area contributed by atoms with Crippen molar-refractivity contribution < 1.29 is 9.47 Å². The van der Waals surface area contributed by atoms with Gasteiger partial charge >= 0.3 is 0 Å². The van der Waals surface area contributed by atoms with Crippen molar-refractivity contribution in [1.82, 2.24) is 5.32 Å². The lowest BCUT2D eigenvalue weighted by Gasteiger charge is -2.27. The lowest BCUT2D eigenvalue weighted by Crippen LogP contribution is -2.38. The maximum Gasteiger partial charge on any atom is 0.134 e. The lowest BCUT2D eigenvalue weighted by molar-refractivity contribution is 0.192. The molecule has 0 amide bonds. The zero-order valence-electron chi connectivity index (χ0n) is 19.2. The van der Waals surface area contributed by atoms with E-state index in [0.29, 0.717) is 5.02 Å². The number of hydrogen-bond donors (Lipinski definition) is 1. The largest absolute Gasteiger partial charge is 0.497 e. The summed E-state index contributed by atoms with van der Waals surface area (Å²) in [5.74, 6) is 2.64. The van der Waals surface area contributed by atoms with Crippen molar-refractivity contribution in [3.05, 3.63) is 81.9 Å². The SMILES string of the molecule is CCC(CC)Oc1cc(OC)ccc1C1=N[C@@H](c2ccc(Cl)cc2)[C@@H](C2C=CC(Cl)=CC2)N1. The summed E-state index contributed by atoms with van der Waals surface area (Å²) in [6.07, 6.45) is 9.08. The number of nitrogens with zero attached hydrogens (tertiary/aromatic N) is 1. The summed E-state index contributed by atoms with van der Waals surface area (Å²) in [6.45, 7) is 4.28. The Hall–Kier alpha value is -2.43. The standard InChI is InChI=1S/C27H30Cl2N2O2/c1-4-21(5-2)33-24-16-22(32-3)14-15-23(24)27-30-25(17-6-10-19(28)11-7-17)26(31-27)18-8-12-20(29)13-9-18/h6-8,10-16,18,21,25-26H,4-5,9H2,1-3H3,(H,30,31)/t18?,25-,26+/m0/s1. The van der Waals surface area contributed by atoms with Crippen molar-refractivity contribution in [3.63, 3.8) is 0 Å². The highest BCUT2D eigenvalue weighted by molar-refractivity contribution is 6.31. The van der Waals surface area contributed by atoms with Crippen LogP contribution >= 0.6 is 23.2 Å². The van der Waals surface area contributed by atoms with Crippen LogP contribution in [0, 0.1) is 5.92 Å². The van der Waals surface area contributed by atoms with E-state index in [1.807, 2.05) is 36.4 Å². The second kappa shape index (κ2) is 10.7. The number of nitrogens with one attached hydrogen (secondary N) is 1. The third kappa shape index (κ3) is 5.39. The Kier molecular flexibility index (Phi) is 7.67. The minimum absolute atomic E-state index is 0.0553. The van der Waals surface area contributed by atoms with Crippen molar-refractivity contribution >= 4 is 29.0 Å². The predicted octanol–water partition coefficient (Wildman–Crippen LogP) is 7.07. The monoisotopic (exact) mass is 484 g/mol. The number of ether oxygens (including phenoxy) is 2. The molecule has 0 saturated carbocycles. The van der Waals surface area contributed by atoms with Crippen LogP contribution in [0.25, 0.3) is 0 Å². The zero-order chi connectivity index (χ0) is 23.4. The van der Waals surface area contributed by atoms with E-state index in [1.165, 1.54) is 0 Å². The van der Waals surface area contributed by atoms with Gasteiger partial charge in [0.1, 0.15) is 17.3 Å². The third-order valence-corrected chi connectivity index (χ3v) is 6.85. The van der Waals surface area contributed by atoms with E-state index in [1.54, 1.807) is 7.11 Å². The maximum atomic E-state index is 6.39. The second-order valence-corrected chi connectivity index (χ2v) is 9.28. The highest BCUT2D eigenvalue weighted by Gasteiger charge is 2.36. The molecule has 3 atom stereocenters. The van der Waals surface area contributed by atoms with Crippen LogP contribution in [0.5, 0.6) is 11.5 Å². The van der Waals surface area contributed by atoms with Crippen LogP contribution in [0.3, 0.4) is 0 Å². The summed E-state index contributed by atoms with van der Waals surface area (Å²) >= 11 is 12.3.